The summed E-state index contributed by atoms with van der Waals surface area (Å²) in [6, 6.07) is 4.63. The Bertz CT molecular complexity index is 1100. The minimum absolute atomic E-state index is 0.0643. The van der Waals surface area contributed by atoms with Crippen LogP contribution in [0.2, 0.25) is 0 Å². The zero-order chi connectivity index (χ0) is 21.2. The molecular formula is C23H21FO6. The molecule has 5 rings (SSSR count). The molecule has 6 nitrogen and oxygen atoms in total. The monoisotopic (exact) mass is 412 g/mol. The van der Waals surface area contributed by atoms with E-state index in [1.165, 1.54) is 20.3 Å². The number of halogens is 1. The summed E-state index contributed by atoms with van der Waals surface area (Å²) in [5.74, 6) is 0.289. The van der Waals surface area contributed by atoms with Crippen molar-refractivity contribution in [2.45, 2.75) is 31.5 Å². The maximum atomic E-state index is 15.1. The largest absolute Gasteiger partial charge is 0.493 e. The molecule has 3 heterocycles. The Morgan fingerprint density at radius 2 is 1.83 bits per heavy atom. The van der Waals surface area contributed by atoms with Crippen molar-refractivity contribution in [2.24, 2.45) is 0 Å². The molecule has 0 amide bonds. The predicted molar refractivity (Wildman–Crippen MR) is 107 cm³/mol. The van der Waals surface area contributed by atoms with Crippen molar-refractivity contribution in [3.63, 3.8) is 0 Å². The summed E-state index contributed by atoms with van der Waals surface area (Å²) in [6.45, 7) is 3.90. The first-order valence-electron chi connectivity index (χ1n) is 9.67. The van der Waals surface area contributed by atoms with E-state index in [1.54, 1.807) is 12.1 Å². The van der Waals surface area contributed by atoms with Gasteiger partial charge in [-0.15, -0.1) is 0 Å². The van der Waals surface area contributed by atoms with Crippen LogP contribution in [0.25, 0.3) is 6.08 Å². The molecule has 0 saturated heterocycles. The molecule has 0 N–H and O–H groups in total. The number of ketones is 1. The topological polar surface area (TPSA) is 63.2 Å². The zero-order valence-corrected chi connectivity index (χ0v) is 17.1. The fourth-order valence-electron chi connectivity index (χ4n) is 4.25. The number of ether oxygens (including phenoxy) is 5. The second-order valence-electron chi connectivity index (χ2n) is 8.07. The first-order valence-corrected chi connectivity index (χ1v) is 9.67. The standard InChI is InChI=1S/C23H21FO6/c1-23(2)6-5-11-15(30-23)8-13(24)20-21(25)19-12-7-16(26-3)17(27-4)9-14(12)28-10-18(19)29-22(11)20/h5-9,18-19H,10H2,1-4H3/t18-,19+/m1/s1. The molecule has 0 aliphatic carbocycles. The van der Waals surface area contributed by atoms with E-state index in [9.17, 15) is 4.79 Å². The number of carbonyl (C=O) groups excluding carboxylic acids is 1. The maximum absolute atomic E-state index is 15.1. The smallest absolute Gasteiger partial charge is 0.181 e. The molecular weight excluding hydrogens is 391 g/mol. The van der Waals surface area contributed by atoms with E-state index in [0.717, 1.165) is 0 Å². The third kappa shape index (κ3) is 2.65. The summed E-state index contributed by atoms with van der Waals surface area (Å²) in [6.07, 6.45) is 3.08. The van der Waals surface area contributed by atoms with Crippen LogP contribution in [0.1, 0.15) is 41.3 Å². The van der Waals surface area contributed by atoms with Gasteiger partial charge in [-0.3, -0.25) is 4.79 Å². The Labute approximate surface area is 173 Å². The molecule has 0 unspecified atom stereocenters. The number of rotatable bonds is 2. The van der Waals surface area contributed by atoms with Crippen LogP contribution < -0.4 is 23.7 Å². The molecule has 2 aromatic carbocycles. The normalized spacial score (nSPS) is 22.4. The van der Waals surface area contributed by atoms with Crippen molar-refractivity contribution in [2.75, 3.05) is 20.8 Å². The van der Waals surface area contributed by atoms with E-state index in [1.807, 2.05) is 26.0 Å². The SMILES string of the molecule is COc1cc2c(cc1OC)[C@@H]1C(=O)c3c(F)cc4c(c3O[C@@H]1CO2)C=CC(C)(C)O4. The predicted octanol–water partition coefficient (Wildman–Crippen LogP) is 4.15. The van der Waals surface area contributed by atoms with E-state index in [2.05, 4.69) is 0 Å². The lowest BCUT2D eigenvalue weighted by Crippen LogP contribution is -2.43. The minimum atomic E-state index is -0.710. The number of Topliss-reactive ketones (excluding diaryl/α,β-unsaturated/α-hetero) is 1. The van der Waals surface area contributed by atoms with Gasteiger partial charge in [0.1, 0.15) is 41.4 Å². The van der Waals surface area contributed by atoms with Crippen molar-refractivity contribution >= 4 is 11.9 Å². The van der Waals surface area contributed by atoms with E-state index >= 15 is 4.39 Å². The van der Waals surface area contributed by atoms with Gasteiger partial charge in [0.05, 0.1) is 31.3 Å². The van der Waals surface area contributed by atoms with Crippen molar-refractivity contribution in [3.05, 3.63) is 46.8 Å². The third-order valence-corrected chi connectivity index (χ3v) is 5.68. The van der Waals surface area contributed by atoms with Crippen molar-refractivity contribution in [3.8, 4) is 28.7 Å². The highest BCUT2D eigenvalue weighted by Crippen LogP contribution is 2.50. The van der Waals surface area contributed by atoms with Gasteiger partial charge in [0, 0.05) is 17.7 Å². The van der Waals surface area contributed by atoms with Crippen LogP contribution in [0.4, 0.5) is 4.39 Å². The molecule has 0 radical (unpaired) electrons. The molecule has 0 spiro atoms. The van der Waals surface area contributed by atoms with E-state index in [4.69, 9.17) is 23.7 Å². The van der Waals surface area contributed by atoms with E-state index in [0.29, 0.717) is 34.1 Å². The zero-order valence-electron chi connectivity index (χ0n) is 17.1. The third-order valence-electron chi connectivity index (χ3n) is 5.68. The van der Waals surface area contributed by atoms with Crippen LogP contribution in [0.15, 0.2) is 24.3 Å². The molecule has 7 heteroatoms. The summed E-state index contributed by atoms with van der Waals surface area (Å²) in [7, 11) is 3.04. The summed E-state index contributed by atoms with van der Waals surface area (Å²) < 4.78 is 43.6. The van der Waals surface area contributed by atoms with Gasteiger partial charge in [-0.05, 0) is 32.1 Å². The molecule has 0 bridgehead atoms. The molecule has 0 aromatic heterocycles. The highest BCUT2D eigenvalue weighted by Gasteiger charge is 2.46. The fraction of sp³-hybridized carbons (Fsp3) is 0.348. The Morgan fingerprint density at radius 1 is 1.10 bits per heavy atom. The summed E-state index contributed by atoms with van der Waals surface area (Å²) >= 11 is 0. The molecule has 3 aliphatic rings. The number of carbonyl (C=O) groups is 1. The van der Waals surface area contributed by atoms with E-state index < -0.39 is 23.4 Å². The van der Waals surface area contributed by atoms with Crippen LogP contribution in [0, 0.1) is 5.82 Å². The van der Waals surface area contributed by atoms with Crippen molar-refractivity contribution in [1.29, 1.82) is 0 Å². The van der Waals surface area contributed by atoms with E-state index in [-0.39, 0.29) is 23.7 Å². The fourth-order valence-corrected chi connectivity index (χ4v) is 4.25. The lowest BCUT2D eigenvalue weighted by atomic mass is 9.81. The maximum Gasteiger partial charge on any atom is 0.181 e. The van der Waals surface area contributed by atoms with Crippen LogP contribution in [-0.2, 0) is 0 Å². The van der Waals surface area contributed by atoms with Crippen LogP contribution in [-0.4, -0.2) is 38.3 Å². The van der Waals surface area contributed by atoms with Gasteiger partial charge in [0.2, 0.25) is 0 Å². The number of hydrogen-bond donors (Lipinski definition) is 0. The number of benzene rings is 2. The Hall–Kier alpha value is -3.22. The van der Waals surface area contributed by atoms with Gasteiger partial charge in [0.25, 0.3) is 0 Å². The molecule has 2 atom stereocenters. The van der Waals surface area contributed by atoms with Crippen LogP contribution in [0.5, 0.6) is 28.7 Å². The number of hydrogen-bond acceptors (Lipinski definition) is 6. The molecule has 0 fully saturated rings. The van der Waals surface area contributed by atoms with Crippen LogP contribution in [0.3, 0.4) is 0 Å². The van der Waals surface area contributed by atoms with Crippen molar-refractivity contribution < 1.29 is 32.9 Å². The summed E-state index contributed by atoms with van der Waals surface area (Å²) in [5, 5.41) is 0. The van der Waals surface area contributed by atoms with Crippen LogP contribution >= 0.6 is 0 Å². The summed E-state index contributed by atoms with van der Waals surface area (Å²) in [4.78, 5) is 13.5. The molecule has 3 aliphatic heterocycles. The Balaban J connectivity index is 1.65. The highest BCUT2D eigenvalue weighted by atomic mass is 19.1. The van der Waals surface area contributed by atoms with Gasteiger partial charge < -0.3 is 23.7 Å². The lowest BCUT2D eigenvalue weighted by molar-refractivity contribution is 0.0544. The molecule has 30 heavy (non-hydrogen) atoms. The lowest BCUT2D eigenvalue weighted by Gasteiger charge is -2.39. The molecule has 156 valence electrons. The van der Waals surface area contributed by atoms with Gasteiger partial charge in [-0.25, -0.2) is 4.39 Å². The van der Waals surface area contributed by atoms with Gasteiger partial charge in [0.15, 0.2) is 17.3 Å². The second kappa shape index (κ2) is 6.39. The number of methoxy groups -OCH3 is 2. The average molecular weight is 412 g/mol. The van der Waals surface area contributed by atoms with Gasteiger partial charge in [-0.2, -0.15) is 0 Å². The quantitative estimate of drug-likeness (QED) is 0.739. The summed E-state index contributed by atoms with van der Waals surface area (Å²) in [5.41, 5.74) is 0.517. The Morgan fingerprint density at radius 3 is 2.57 bits per heavy atom. The average Bonchev–Trinajstić information content (AvgIpc) is 2.71. The molecule has 2 aromatic rings. The highest BCUT2D eigenvalue weighted by molar-refractivity contribution is 6.06. The first-order chi connectivity index (χ1) is 14.3. The van der Waals surface area contributed by atoms with Gasteiger partial charge in [-0.1, -0.05) is 0 Å². The minimum Gasteiger partial charge on any atom is -0.493 e. The first kappa shape index (κ1) is 18.8. The van der Waals surface area contributed by atoms with Crippen molar-refractivity contribution in [1.82, 2.24) is 0 Å². The second-order valence-corrected chi connectivity index (χ2v) is 8.07. The van der Waals surface area contributed by atoms with Gasteiger partial charge >= 0.3 is 0 Å². The molecule has 0 saturated carbocycles. The number of fused-ring (bicyclic) bond motifs is 6. The Kier molecular flexibility index (Phi) is 4.00.